The number of para-hydroxylation sites is 2. The third kappa shape index (κ3) is 3.87. The Kier molecular flexibility index (Phi) is 5.55. The summed E-state index contributed by atoms with van der Waals surface area (Å²) in [7, 11) is 3.35. The van der Waals surface area contributed by atoms with Gasteiger partial charge in [0.15, 0.2) is 11.5 Å². The molecule has 0 unspecified atom stereocenters. The number of hydrogen-bond acceptors (Lipinski definition) is 7. The van der Waals surface area contributed by atoms with Gasteiger partial charge in [-0.2, -0.15) is 0 Å². The molecule has 2 saturated heterocycles. The third-order valence-corrected chi connectivity index (χ3v) is 7.39. The van der Waals surface area contributed by atoms with Crippen molar-refractivity contribution in [1.29, 1.82) is 0 Å². The molecule has 7 heteroatoms. The van der Waals surface area contributed by atoms with E-state index in [1.807, 2.05) is 12.1 Å². The van der Waals surface area contributed by atoms with Gasteiger partial charge in [0.2, 0.25) is 0 Å². The van der Waals surface area contributed by atoms with E-state index in [-0.39, 0.29) is 0 Å². The van der Waals surface area contributed by atoms with Crippen molar-refractivity contribution in [3.8, 4) is 11.5 Å². The standard InChI is InChI=1S/C27H33N5O2/c1-33-24-17-20-21(18-25(24)34-2)28-26(19-9-10-19)29-27(20)32-15-13-31(14-16-32)23-8-4-3-7-22(23)30-11-5-6-12-30/h3-4,7-8,17-19H,5-6,9-16H2,1-2H3. The van der Waals surface area contributed by atoms with Crippen LogP contribution in [0.2, 0.25) is 0 Å². The van der Waals surface area contributed by atoms with E-state index in [1.54, 1.807) is 14.2 Å². The van der Waals surface area contributed by atoms with Crippen molar-refractivity contribution in [2.24, 2.45) is 0 Å². The maximum absolute atomic E-state index is 5.60. The molecule has 1 aliphatic carbocycles. The smallest absolute Gasteiger partial charge is 0.162 e. The Morgan fingerprint density at radius 3 is 1.94 bits per heavy atom. The van der Waals surface area contributed by atoms with Gasteiger partial charge in [-0.25, -0.2) is 9.97 Å². The van der Waals surface area contributed by atoms with Crippen LogP contribution in [0.4, 0.5) is 17.2 Å². The van der Waals surface area contributed by atoms with Crippen molar-refractivity contribution in [2.45, 2.75) is 31.6 Å². The van der Waals surface area contributed by atoms with Crippen LogP contribution in [0.1, 0.15) is 37.4 Å². The molecule has 3 fully saturated rings. The molecule has 6 rings (SSSR count). The zero-order valence-corrected chi connectivity index (χ0v) is 20.2. The number of rotatable bonds is 6. The van der Waals surface area contributed by atoms with Crippen LogP contribution < -0.4 is 24.2 Å². The molecule has 2 aliphatic heterocycles. The lowest BCUT2D eigenvalue weighted by atomic mass is 10.1. The molecule has 0 radical (unpaired) electrons. The summed E-state index contributed by atoms with van der Waals surface area (Å²) in [6, 6.07) is 12.9. The Bertz CT molecular complexity index is 1180. The highest BCUT2D eigenvalue weighted by Crippen LogP contribution is 2.42. The van der Waals surface area contributed by atoms with Gasteiger partial charge in [-0.15, -0.1) is 0 Å². The number of benzene rings is 2. The largest absolute Gasteiger partial charge is 0.493 e. The van der Waals surface area contributed by atoms with Gasteiger partial charge in [-0.3, -0.25) is 0 Å². The highest BCUT2D eigenvalue weighted by atomic mass is 16.5. The molecule has 0 atom stereocenters. The second-order valence-corrected chi connectivity index (χ2v) is 9.56. The molecule has 0 bridgehead atoms. The molecule has 2 aromatic carbocycles. The van der Waals surface area contributed by atoms with Crippen LogP contribution in [0.15, 0.2) is 36.4 Å². The molecule has 1 aromatic heterocycles. The number of fused-ring (bicyclic) bond motifs is 1. The summed E-state index contributed by atoms with van der Waals surface area (Å²) in [5.74, 6) is 3.92. The summed E-state index contributed by atoms with van der Waals surface area (Å²) in [5, 5.41) is 1.04. The average molecular weight is 460 g/mol. The van der Waals surface area contributed by atoms with Gasteiger partial charge < -0.3 is 24.2 Å². The van der Waals surface area contributed by atoms with Crippen LogP contribution >= 0.6 is 0 Å². The second kappa shape index (κ2) is 8.85. The molecular weight excluding hydrogens is 426 g/mol. The van der Waals surface area contributed by atoms with Crippen LogP contribution in [-0.4, -0.2) is 63.5 Å². The van der Waals surface area contributed by atoms with Crippen molar-refractivity contribution in [3.63, 3.8) is 0 Å². The van der Waals surface area contributed by atoms with Crippen molar-refractivity contribution < 1.29 is 9.47 Å². The van der Waals surface area contributed by atoms with Crippen LogP contribution in [0.25, 0.3) is 10.9 Å². The SMILES string of the molecule is COc1cc2nc(C3CC3)nc(N3CCN(c4ccccc4N4CCCC4)CC3)c2cc1OC. The first-order chi connectivity index (χ1) is 16.7. The van der Waals surface area contributed by atoms with Crippen molar-refractivity contribution in [2.75, 3.05) is 68.2 Å². The van der Waals surface area contributed by atoms with Crippen molar-refractivity contribution in [3.05, 3.63) is 42.2 Å². The average Bonchev–Trinajstić information content (AvgIpc) is 3.61. The second-order valence-electron chi connectivity index (χ2n) is 9.56. The molecular formula is C27H33N5O2. The number of methoxy groups -OCH3 is 2. The first-order valence-corrected chi connectivity index (χ1v) is 12.5. The fourth-order valence-electron chi connectivity index (χ4n) is 5.34. The van der Waals surface area contributed by atoms with Crippen LogP contribution in [0.3, 0.4) is 0 Å². The van der Waals surface area contributed by atoms with Gasteiger partial charge in [0.25, 0.3) is 0 Å². The Hall–Kier alpha value is -3.22. The molecule has 3 aromatic rings. The van der Waals surface area contributed by atoms with Crippen LogP contribution in [0.5, 0.6) is 11.5 Å². The highest BCUT2D eigenvalue weighted by Gasteiger charge is 2.30. The van der Waals surface area contributed by atoms with Crippen molar-refractivity contribution in [1.82, 2.24) is 9.97 Å². The number of anilines is 3. The number of ether oxygens (including phenoxy) is 2. The topological polar surface area (TPSA) is 54.0 Å². The molecule has 0 amide bonds. The van der Waals surface area contributed by atoms with Crippen molar-refractivity contribution >= 4 is 28.1 Å². The van der Waals surface area contributed by atoms with E-state index in [0.717, 1.165) is 54.5 Å². The van der Waals surface area contributed by atoms with Gasteiger partial charge in [0.05, 0.1) is 31.1 Å². The third-order valence-electron chi connectivity index (χ3n) is 7.39. The molecule has 3 heterocycles. The maximum Gasteiger partial charge on any atom is 0.162 e. The summed E-state index contributed by atoms with van der Waals surface area (Å²) >= 11 is 0. The Morgan fingerprint density at radius 1 is 0.735 bits per heavy atom. The Morgan fingerprint density at radius 2 is 1.32 bits per heavy atom. The van der Waals surface area contributed by atoms with E-state index in [4.69, 9.17) is 19.4 Å². The van der Waals surface area contributed by atoms with E-state index < -0.39 is 0 Å². The van der Waals surface area contributed by atoms with Gasteiger partial charge in [-0.05, 0) is 43.9 Å². The number of nitrogens with zero attached hydrogens (tertiary/aromatic N) is 5. The summed E-state index contributed by atoms with van der Waals surface area (Å²) in [6.45, 7) is 6.14. The van der Waals surface area contributed by atoms with Gasteiger partial charge >= 0.3 is 0 Å². The van der Waals surface area contributed by atoms with Crippen LogP contribution in [-0.2, 0) is 0 Å². The predicted molar refractivity (Wildman–Crippen MR) is 137 cm³/mol. The van der Waals surface area contributed by atoms with E-state index >= 15 is 0 Å². The van der Waals surface area contributed by atoms with Crippen LogP contribution in [0, 0.1) is 0 Å². The maximum atomic E-state index is 5.60. The predicted octanol–water partition coefficient (Wildman–Crippen LogP) is 4.45. The Labute approximate surface area is 201 Å². The van der Waals surface area contributed by atoms with Gasteiger partial charge in [-0.1, -0.05) is 12.1 Å². The molecule has 7 nitrogen and oxygen atoms in total. The molecule has 3 aliphatic rings. The summed E-state index contributed by atoms with van der Waals surface area (Å²) < 4.78 is 11.2. The molecule has 34 heavy (non-hydrogen) atoms. The first-order valence-electron chi connectivity index (χ1n) is 12.5. The fraction of sp³-hybridized carbons (Fsp3) is 0.481. The minimum Gasteiger partial charge on any atom is -0.493 e. The first kappa shape index (κ1) is 21.3. The van der Waals surface area contributed by atoms with E-state index in [0.29, 0.717) is 11.7 Å². The number of hydrogen-bond donors (Lipinski definition) is 0. The molecule has 0 spiro atoms. The lowest BCUT2D eigenvalue weighted by molar-refractivity contribution is 0.355. The Balaban J connectivity index is 1.30. The quantitative estimate of drug-likeness (QED) is 0.540. The number of aromatic nitrogens is 2. The lowest BCUT2D eigenvalue weighted by Crippen LogP contribution is -2.47. The fourth-order valence-corrected chi connectivity index (χ4v) is 5.34. The monoisotopic (exact) mass is 459 g/mol. The zero-order chi connectivity index (χ0) is 23.1. The number of piperazine rings is 1. The summed E-state index contributed by atoms with van der Waals surface area (Å²) in [4.78, 5) is 17.5. The normalized spacial score (nSPS) is 18.6. The minimum atomic E-state index is 0.491. The molecule has 0 N–H and O–H groups in total. The molecule has 1 saturated carbocycles. The summed E-state index contributed by atoms with van der Waals surface area (Å²) in [6.07, 6.45) is 4.94. The van der Waals surface area contributed by atoms with E-state index in [1.165, 1.54) is 50.1 Å². The van der Waals surface area contributed by atoms with E-state index in [2.05, 4.69) is 39.0 Å². The van der Waals surface area contributed by atoms with Gasteiger partial charge in [0.1, 0.15) is 11.6 Å². The van der Waals surface area contributed by atoms with Gasteiger partial charge in [0, 0.05) is 56.6 Å². The van der Waals surface area contributed by atoms with E-state index in [9.17, 15) is 0 Å². The highest BCUT2D eigenvalue weighted by molar-refractivity contribution is 5.92. The zero-order valence-electron chi connectivity index (χ0n) is 20.2. The summed E-state index contributed by atoms with van der Waals surface area (Å²) in [5.41, 5.74) is 3.68. The minimum absolute atomic E-state index is 0.491. The molecule has 178 valence electrons. The lowest BCUT2D eigenvalue weighted by Gasteiger charge is -2.39.